The van der Waals surface area contributed by atoms with Gasteiger partial charge in [-0.05, 0) is 29.2 Å². The Morgan fingerprint density at radius 3 is 2.75 bits per heavy atom. The van der Waals surface area contributed by atoms with Crippen LogP contribution in [0.15, 0.2) is 47.6 Å². The number of sulfonamides is 1. The largest absolute Gasteiger partial charge is 0.427 e. The van der Waals surface area contributed by atoms with Crippen LogP contribution in [0.1, 0.15) is 5.56 Å². The predicted molar refractivity (Wildman–Crippen MR) is 77.5 cm³/mol. The number of hydrogen-bond donors (Lipinski definition) is 1. The summed E-state index contributed by atoms with van der Waals surface area (Å²) in [4.78, 5) is 4.01. The smallest absolute Gasteiger partial charge is 0.326 e. The average Bonchev–Trinajstić information content (AvgIpc) is 2.82. The van der Waals surface area contributed by atoms with E-state index in [1.54, 1.807) is 6.07 Å². The van der Waals surface area contributed by atoms with Crippen molar-refractivity contribution >= 4 is 28.1 Å². The van der Waals surface area contributed by atoms with E-state index < -0.39 is 10.0 Å². The summed E-state index contributed by atoms with van der Waals surface area (Å²) in [5.74, 6) is 0. The lowest BCUT2D eigenvalue weighted by Gasteiger charge is -2.12. The summed E-state index contributed by atoms with van der Waals surface area (Å²) in [6, 6.07) is 8.45. The molecule has 0 saturated carbocycles. The first-order valence-electron chi connectivity index (χ1n) is 6.24. The van der Waals surface area contributed by atoms with Crippen molar-refractivity contribution in [3.63, 3.8) is 0 Å². The average molecular weight is 288 g/mol. The monoisotopic (exact) mass is 288 g/mol. The van der Waals surface area contributed by atoms with Crippen LogP contribution in [0.5, 0.6) is 0 Å². The van der Waals surface area contributed by atoms with Crippen molar-refractivity contribution in [2.24, 2.45) is 0 Å². The zero-order valence-corrected chi connectivity index (χ0v) is 11.7. The zero-order chi connectivity index (χ0) is 14.2. The fourth-order valence-electron chi connectivity index (χ4n) is 2.33. The van der Waals surface area contributed by atoms with Crippen molar-refractivity contribution in [1.82, 2.24) is 4.98 Å². The second-order valence-electron chi connectivity index (χ2n) is 4.62. The lowest BCUT2D eigenvalue weighted by molar-refractivity contribution is 0.333. The number of fused-ring (bicyclic) bond motifs is 1. The Hall–Kier alpha value is -1.86. The van der Waals surface area contributed by atoms with E-state index in [-0.39, 0.29) is 11.8 Å². The molecule has 0 saturated heterocycles. The number of aromatic nitrogens is 1. The molecule has 2 heterocycles. The first-order chi connectivity index (χ1) is 9.58. The lowest BCUT2D eigenvalue weighted by Crippen LogP contribution is -2.29. The molecule has 0 atom stereocenters. The van der Waals surface area contributed by atoms with Crippen LogP contribution < -0.4 is 10.2 Å². The lowest BCUT2D eigenvalue weighted by atomic mass is 9.63. The van der Waals surface area contributed by atoms with Gasteiger partial charge < -0.3 is 4.65 Å². The molecule has 2 aromatic rings. The Labute approximate surface area is 118 Å². The van der Waals surface area contributed by atoms with E-state index in [4.69, 9.17) is 4.65 Å². The zero-order valence-electron chi connectivity index (χ0n) is 10.9. The second-order valence-corrected chi connectivity index (χ2v) is 6.30. The van der Waals surface area contributed by atoms with E-state index in [2.05, 4.69) is 9.71 Å². The molecule has 102 valence electrons. The molecule has 5 nitrogen and oxygen atoms in total. The number of benzene rings is 1. The van der Waals surface area contributed by atoms with Gasteiger partial charge in [0.2, 0.25) is 0 Å². The van der Waals surface area contributed by atoms with Crippen molar-refractivity contribution in [3.8, 4) is 0 Å². The van der Waals surface area contributed by atoms with E-state index in [0.29, 0.717) is 12.3 Å². The molecule has 0 amide bonds. The predicted octanol–water partition coefficient (Wildman–Crippen LogP) is 1.24. The molecule has 1 aliphatic heterocycles. The van der Waals surface area contributed by atoms with Gasteiger partial charge in [0.25, 0.3) is 10.0 Å². The van der Waals surface area contributed by atoms with Crippen LogP contribution in [0, 0.1) is 0 Å². The SMILES string of the molecule is CB1OCc2cccc(NS(=O)(=O)c3ccncc3)c21. The molecule has 0 bridgehead atoms. The van der Waals surface area contributed by atoms with Crippen LogP contribution in [0.4, 0.5) is 5.69 Å². The Morgan fingerprint density at radius 2 is 2.00 bits per heavy atom. The normalized spacial score (nSPS) is 14.2. The molecule has 0 unspecified atom stereocenters. The van der Waals surface area contributed by atoms with Crippen LogP contribution in [-0.2, 0) is 21.3 Å². The quantitative estimate of drug-likeness (QED) is 0.863. The molecular formula is C13H13BN2O3S. The fourth-order valence-corrected chi connectivity index (χ4v) is 3.39. The number of pyridine rings is 1. The Morgan fingerprint density at radius 1 is 1.25 bits per heavy atom. The van der Waals surface area contributed by atoms with E-state index in [1.165, 1.54) is 24.5 Å². The minimum absolute atomic E-state index is 0.110. The maximum atomic E-state index is 12.3. The second kappa shape index (κ2) is 4.92. The van der Waals surface area contributed by atoms with Gasteiger partial charge in [-0.3, -0.25) is 9.71 Å². The molecule has 1 aliphatic rings. The van der Waals surface area contributed by atoms with Crippen LogP contribution in [0.2, 0.25) is 6.82 Å². The third-order valence-corrected chi connectivity index (χ3v) is 4.68. The van der Waals surface area contributed by atoms with E-state index in [9.17, 15) is 8.42 Å². The van der Waals surface area contributed by atoms with Gasteiger partial charge in [-0.1, -0.05) is 19.0 Å². The maximum absolute atomic E-state index is 12.3. The van der Waals surface area contributed by atoms with Gasteiger partial charge >= 0.3 is 6.92 Å². The highest BCUT2D eigenvalue weighted by Gasteiger charge is 2.28. The molecule has 7 heteroatoms. The van der Waals surface area contributed by atoms with Crippen molar-refractivity contribution < 1.29 is 13.1 Å². The maximum Gasteiger partial charge on any atom is 0.326 e. The highest BCUT2D eigenvalue weighted by molar-refractivity contribution is 7.92. The fraction of sp³-hybridized carbons (Fsp3) is 0.154. The Bertz CT molecular complexity index is 735. The summed E-state index contributed by atoms with van der Waals surface area (Å²) in [5.41, 5.74) is 2.50. The van der Waals surface area contributed by atoms with Gasteiger partial charge in [0.15, 0.2) is 0 Å². The summed E-state index contributed by atoms with van der Waals surface area (Å²) < 4.78 is 32.8. The summed E-state index contributed by atoms with van der Waals surface area (Å²) in [6.07, 6.45) is 2.91. The first kappa shape index (κ1) is 13.1. The Kier molecular flexibility index (Phi) is 3.23. The van der Waals surface area contributed by atoms with E-state index in [0.717, 1.165) is 11.0 Å². The highest BCUT2D eigenvalue weighted by Crippen LogP contribution is 2.20. The van der Waals surface area contributed by atoms with Gasteiger partial charge in [0.1, 0.15) is 0 Å². The van der Waals surface area contributed by atoms with Gasteiger partial charge in [0.05, 0.1) is 11.5 Å². The van der Waals surface area contributed by atoms with Crippen molar-refractivity contribution in [2.45, 2.75) is 18.3 Å². The highest BCUT2D eigenvalue weighted by atomic mass is 32.2. The minimum atomic E-state index is -3.60. The molecule has 1 aromatic carbocycles. The van der Waals surface area contributed by atoms with Gasteiger partial charge in [-0.2, -0.15) is 0 Å². The minimum Gasteiger partial charge on any atom is -0.427 e. The number of nitrogens with one attached hydrogen (secondary N) is 1. The molecule has 20 heavy (non-hydrogen) atoms. The van der Waals surface area contributed by atoms with Crippen molar-refractivity contribution in [3.05, 3.63) is 48.3 Å². The van der Waals surface area contributed by atoms with Crippen LogP contribution in [0.3, 0.4) is 0 Å². The van der Waals surface area contributed by atoms with Crippen LogP contribution in [-0.4, -0.2) is 20.3 Å². The molecule has 3 rings (SSSR count). The number of hydrogen-bond acceptors (Lipinski definition) is 4. The van der Waals surface area contributed by atoms with E-state index in [1.807, 2.05) is 19.0 Å². The molecular weight excluding hydrogens is 275 g/mol. The Balaban J connectivity index is 1.99. The third kappa shape index (κ3) is 2.30. The number of nitrogens with zero attached hydrogens (tertiary/aromatic N) is 1. The van der Waals surface area contributed by atoms with Crippen molar-refractivity contribution in [2.75, 3.05) is 4.72 Å². The summed E-state index contributed by atoms with van der Waals surface area (Å²) in [7, 11) is -3.60. The first-order valence-corrected chi connectivity index (χ1v) is 7.72. The van der Waals surface area contributed by atoms with Gasteiger partial charge in [-0.15, -0.1) is 0 Å². The van der Waals surface area contributed by atoms with E-state index >= 15 is 0 Å². The van der Waals surface area contributed by atoms with Crippen LogP contribution >= 0.6 is 0 Å². The topological polar surface area (TPSA) is 68.3 Å². The summed E-state index contributed by atoms with van der Waals surface area (Å²) >= 11 is 0. The molecule has 1 aromatic heterocycles. The molecule has 1 N–H and O–H groups in total. The van der Waals surface area contributed by atoms with Gasteiger partial charge in [0, 0.05) is 18.1 Å². The van der Waals surface area contributed by atoms with Gasteiger partial charge in [-0.25, -0.2) is 8.42 Å². The van der Waals surface area contributed by atoms with Crippen molar-refractivity contribution in [1.29, 1.82) is 0 Å². The van der Waals surface area contributed by atoms with Crippen LogP contribution in [0.25, 0.3) is 0 Å². The summed E-state index contributed by atoms with van der Waals surface area (Å²) in [6.45, 7) is 2.32. The third-order valence-electron chi connectivity index (χ3n) is 3.30. The molecule has 0 aliphatic carbocycles. The molecule has 0 fully saturated rings. The summed E-state index contributed by atoms with van der Waals surface area (Å²) in [5, 5.41) is 0. The standard InChI is InChI=1S/C13H13BN2O3S/c1-14-13-10(9-19-14)3-2-4-12(13)16-20(17,18)11-5-7-15-8-6-11/h2-8,16H,9H2,1H3. The molecule has 0 spiro atoms. The number of rotatable bonds is 3. The number of anilines is 1. The molecule has 0 radical (unpaired) electrons.